The normalized spacial score (nSPS) is 10.7. The second kappa shape index (κ2) is 5.79. The maximum Gasteiger partial charge on any atom is 0.278 e. The van der Waals surface area contributed by atoms with Crippen LogP contribution in [0.4, 0.5) is 10.8 Å². The number of nitrogens with one attached hydrogen (secondary N) is 1. The molecule has 0 saturated heterocycles. The number of anilines is 1. The van der Waals surface area contributed by atoms with Crippen molar-refractivity contribution in [3.63, 3.8) is 0 Å². The number of aromatic nitrogens is 1. The third-order valence-corrected chi connectivity index (χ3v) is 3.52. The van der Waals surface area contributed by atoms with Crippen LogP contribution in [-0.4, -0.2) is 16.5 Å². The standard InChI is InChI=1S/C13H15N3O2S/c1-9(2)7-14-13-15-8-12(19-13)10-5-3-4-6-11(10)16(17)18/h3-6,8-9H,7H2,1-2H3,(H,14,15). The molecule has 2 aromatic rings. The number of nitro groups is 1. The molecule has 1 heterocycles. The zero-order valence-electron chi connectivity index (χ0n) is 10.8. The molecule has 1 aromatic heterocycles. The van der Waals surface area contributed by atoms with Crippen LogP contribution in [0, 0.1) is 16.0 Å². The van der Waals surface area contributed by atoms with Crippen LogP contribution in [0.5, 0.6) is 0 Å². The summed E-state index contributed by atoms with van der Waals surface area (Å²) in [6, 6.07) is 6.72. The second-order valence-corrected chi connectivity index (χ2v) is 5.61. The number of para-hydroxylation sites is 1. The third kappa shape index (κ3) is 3.29. The Hall–Kier alpha value is -1.95. The summed E-state index contributed by atoms with van der Waals surface area (Å²) in [5, 5.41) is 15.0. The molecule has 0 aliphatic heterocycles. The highest BCUT2D eigenvalue weighted by atomic mass is 32.1. The summed E-state index contributed by atoms with van der Waals surface area (Å²) in [6.07, 6.45) is 1.68. The zero-order valence-corrected chi connectivity index (χ0v) is 11.6. The van der Waals surface area contributed by atoms with Crippen molar-refractivity contribution in [2.24, 2.45) is 5.92 Å². The van der Waals surface area contributed by atoms with Crippen molar-refractivity contribution in [2.45, 2.75) is 13.8 Å². The molecule has 1 N–H and O–H groups in total. The largest absolute Gasteiger partial charge is 0.361 e. The van der Waals surface area contributed by atoms with Gasteiger partial charge >= 0.3 is 0 Å². The minimum atomic E-state index is -0.365. The van der Waals surface area contributed by atoms with Crippen LogP contribution in [0.25, 0.3) is 10.4 Å². The van der Waals surface area contributed by atoms with Gasteiger partial charge in [-0.2, -0.15) is 0 Å². The number of benzene rings is 1. The maximum absolute atomic E-state index is 11.0. The minimum Gasteiger partial charge on any atom is -0.361 e. The topological polar surface area (TPSA) is 68.1 Å². The lowest BCUT2D eigenvalue weighted by Gasteiger charge is -2.04. The van der Waals surface area contributed by atoms with Crippen LogP contribution in [0.2, 0.25) is 0 Å². The summed E-state index contributed by atoms with van der Waals surface area (Å²) in [5.41, 5.74) is 0.726. The highest BCUT2D eigenvalue weighted by Gasteiger charge is 2.16. The summed E-state index contributed by atoms with van der Waals surface area (Å²) in [6.45, 7) is 5.07. The van der Waals surface area contributed by atoms with Gasteiger partial charge in [0, 0.05) is 18.8 Å². The Labute approximate surface area is 115 Å². The first-order chi connectivity index (χ1) is 9.08. The van der Waals surface area contributed by atoms with Crippen molar-refractivity contribution >= 4 is 22.2 Å². The van der Waals surface area contributed by atoms with Crippen molar-refractivity contribution in [1.29, 1.82) is 0 Å². The van der Waals surface area contributed by atoms with Gasteiger partial charge in [0.1, 0.15) is 0 Å². The Bertz CT molecular complexity index is 581. The Morgan fingerprint density at radius 3 is 2.84 bits per heavy atom. The van der Waals surface area contributed by atoms with Gasteiger partial charge in [0.2, 0.25) is 0 Å². The minimum absolute atomic E-state index is 0.113. The molecule has 1 aromatic carbocycles. The first-order valence-electron chi connectivity index (χ1n) is 6.01. The van der Waals surface area contributed by atoms with Crippen LogP contribution in [0.15, 0.2) is 30.5 Å². The van der Waals surface area contributed by atoms with Gasteiger partial charge in [-0.05, 0) is 12.0 Å². The van der Waals surface area contributed by atoms with Gasteiger partial charge in [-0.1, -0.05) is 37.3 Å². The monoisotopic (exact) mass is 277 g/mol. The molecule has 6 heteroatoms. The molecule has 0 fully saturated rings. The van der Waals surface area contributed by atoms with Gasteiger partial charge < -0.3 is 5.32 Å². The van der Waals surface area contributed by atoms with Crippen molar-refractivity contribution in [2.75, 3.05) is 11.9 Å². The van der Waals surface area contributed by atoms with E-state index in [2.05, 4.69) is 24.1 Å². The fourth-order valence-electron chi connectivity index (χ4n) is 1.61. The smallest absolute Gasteiger partial charge is 0.278 e. The lowest BCUT2D eigenvalue weighted by atomic mass is 10.1. The molecule has 0 spiro atoms. The van der Waals surface area contributed by atoms with Crippen LogP contribution < -0.4 is 5.32 Å². The van der Waals surface area contributed by atoms with Gasteiger partial charge in [-0.3, -0.25) is 10.1 Å². The molecular formula is C13H15N3O2S. The van der Waals surface area contributed by atoms with E-state index in [1.54, 1.807) is 24.4 Å². The lowest BCUT2D eigenvalue weighted by molar-refractivity contribution is -0.384. The average Bonchev–Trinajstić information content (AvgIpc) is 2.85. The van der Waals surface area contributed by atoms with E-state index >= 15 is 0 Å². The summed E-state index contributed by atoms with van der Waals surface area (Å²) in [4.78, 5) is 15.7. The SMILES string of the molecule is CC(C)CNc1ncc(-c2ccccc2[N+](=O)[O-])s1. The molecule has 0 aliphatic carbocycles. The zero-order chi connectivity index (χ0) is 13.8. The van der Waals surface area contributed by atoms with Crippen molar-refractivity contribution in [3.05, 3.63) is 40.6 Å². The number of hydrogen-bond acceptors (Lipinski definition) is 5. The molecule has 0 aliphatic rings. The molecule has 0 amide bonds. The lowest BCUT2D eigenvalue weighted by Crippen LogP contribution is -2.07. The molecule has 100 valence electrons. The molecule has 0 unspecified atom stereocenters. The van der Waals surface area contributed by atoms with Crippen molar-refractivity contribution < 1.29 is 4.92 Å². The second-order valence-electron chi connectivity index (χ2n) is 4.58. The van der Waals surface area contributed by atoms with Crippen LogP contribution in [-0.2, 0) is 0 Å². The van der Waals surface area contributed by atoms with Gasteiger partial charge in [0.25, 0.3) is 5.69 Å². The van der Waals surface area contributed by atoms with Gasteiger partial charge in [-0.25, -0.2) is 4.98 Å². The van der Waals surface area contributed by atoms with Crippen LogP contribution >= 0.6 is 11.3 Å². The molecule has 0 radical (unpaired) electrons. The van der Waals surface area contributed by atoms with Gasteiger partial charge in [0.15, 0.2) is 5.13 Å². The van der Waals surface area contributed by atoms with Crippen molar-refractivity contribution in [3.8, 4) is 10.4 Å². The summed E-state index contributed by atoms with van der Waals surface area (Å²) in [7, 11) is 0. The summed E-state index contributed by atoms with van der Waals surface area (Å²) < 4.78 is 0. The number of thiazole rings is 1. The Morgan fingerprint density at radius 1 is 1.42 bits per heavy atom. The average molecular weight is 277 g/mol. The van der Waals surface area contributed by atoms with E-state index < -0.39 is 0 Å². The highest BCUT2D eigenvalue weighted by molar-refractivity contribution is 7.18. The Kier molecular flexibility index (Phi) is 4.11. The molecular weight excluding hydrogens is 262 g/mol. The van der Waals surface area contributed by atoms with E-state index in [1.165, 1.54) is 17.4 Å². The number of hydrogen-bond donors (Lipinski definition) is 1. The highest BCUT2D eigenvalue weighted by Crippen LogP contribution is 2.34. The van der Waals surface area contributed by atoms with Crippen LogP contribution in [0.3, 0.4) is 0 Å². The van der Waals surface area contributed by atoms with E-state index in [1.807, 2.05) is 0 Å². The number of nitro benzene ring substituents is 1. The fraction of sp³-hybridized carbons (Fsp3) is 0.308. The Morgan fingerprint density at radius 2 is 2.16 bits per heavy atom. The number of nitrogens with zero attached hydrogens (tertiary/aromatic N) is 2. The van der Waals surface area contributed by atoms with Gasteiger partial charge in [-0.15, -0.1) is 0 Å². The van der Waals surface area contributed by atoms with E-state index in [4.69, 9.17) is 0 Å². The first-order valence-corrected chi connectivity index (χ1v) is 6.83. The van der Waals surface area contributed by atoms with Gasteiger partial charge in [0.05, 0.1) is 15.4 Å². The predicted molar refractivity (Wildman–Crippen MR) is 77.5 cm³/mol. The molecule has 19 heavy (non-hydrogen) atoms. The molecule has 0 bridgehead atoms. The fourth-order valence-corrected chi connectivity index (χ4v) is 2.47. The molecule has 2 rings (SSSR count). The molecule has 0 saturated carbocycles. The molecule has 5 nitrogen and oxygen atoms in total. The van der Waals surface area contributed by atoms with E-state index in [0.717, 1.165) is 16.6 Å². The van der Waals surface area contributed by atoms with Crippen molar-refractivity contribution in [1.82, 2.24) is 4.98 Å². The summed E-state index contributed by atoms with van der Waals surface area (Å²) in [5.74, 6) is 0.526. The predicted octanol–water partition coefficient (Wildman–Crippen LogP) is 3.79. The quantitative estimate of drug-likeness (QED) is 0.667. The molecule has 0 atom stereocenters. The van der Waals surface area contributed by atoms with E-state index in [-0.39, 0.29) is 10.6 Å². The van der Waals surface area contributed by atoms with E-state index in [9.17, 15) is 10.1 Å². The third-order valence-electron chi connectivity index (χ3n) is 2.53. The summed E-state index contributed by atoms with van der Waals surface area (Å²) >= 11 is 1.43. The number of rotatable bonds is 5. The first kappa shape index (κ1) is 13.5. The van der Waals surface area contributed by atoms with E-state index in [0.29, 0.717) is 11.5 Å². The Balaban J connectivity index is 2.25. The maximum atomic E-state index is 11.0. The van der Waals surface area contributed by atoms with Crippen LogP contribution in [0.1, 0.15) is 13.8 Å².